The van der Waals surface area contributed by atoms with Crippen LogP contribution in [0.15, 0.2) is 28.9 Å². The van der Waals surface area contributed by atoms with E-state index in [2.05, 4.69) is 0 Å². The van der Waals surface area contributed by atoms with Crippen molar-refractivity contribution in [3.05, 3.63) is 24.5 Å². The number of esters is 1. The van der Waals surface area contributed by atoms with Gasteiger partial charge in [0.25, 0.3) is 0 Å². The van der Waals surface area contributed by atoms with Crippen molar-refractivity contribution in [1.82, 2.24) is 0 Å². The predicted octanol–water partition coefficient (Wildman–Crippen LogP) is 2.08. The van der Waals surface area contributed by atoms with E-state index in [4.69, 9.17) is 13.9 Å². The van der Waals surface area contributed by atoms with Crippen LogP contribution in [0.3, 0.4) is 0 Å². The number of ether oxygens (including phenoxy) is 2. The van der Waals surface area contributed by atoms with Crippen LogP contribution in [-0.2, 0) is 9.53 Å². The van der Waals surface area contributed by atoms with Crippen molar-refractivity contribution in [2.75, 3.05) is 13.2 Å². The summed E-state index contributed by atoms with van der Waals surface area (Å²) in [6.07, 6.45) is 1.22. The van der Waals surface area contributed by atoms with Crippen molar-refractivity contribution >= 4 is 16.9 Å². The van der Waals surface area contributed by atoms with Gasteiger partial charge in [0.15, 0.2) is 23.7 Å². The van der Waals surface area contributed by atoms with Gasteiger partial charge in [-0.3, -0.25) is 0 Å². The molecule has 0 radical (unpaired) electrons. The van der Waals surface area contributed by atoms with Gasteiger partial charge in [-0.2, -0.15) is 0 Å². The Hall–Kier alpha value is -2.17. The molecule has 0 bridgehead atoms. The van der Waals surface area contributed by atoms with E-state index in [1.54, 1.807) is 25.1 Å². The monoisotopic (exact) mass is 236 g/mol. The topological polar surface area (TPSA) is 68.9 Å². The number of para-hydroxylation sites is 1. The number of rotatable bonds is 4. The van der Waals surface area contributed by atoms with E-state index >= 15 is 0 Å². The average Bonchev–Trinajstić information content (AvgIpc) is 2.70. The van der Waals surface area contributed by atoms with Gasteiger partial charge in [-0.25, -0.2) is 4.79 Å². The second-order valence-electron chi connectivity index (χ2n) is 3.35. The minimum absolute atomic E-state index is 0.0431. The highest BCUT2D eigenvalue weighted by molar-refractivity contribution is 5.88. The lowest BCUT2D eigenvalue weighted by Crippen LogP contribution is -2.14. The fraction of sp³-hybridized carbons (Fsp3) is 0.250. The molecule has 0 unspecified atom stereocenters. The number of fused-ring (bicyclic) bond motifs is 1. The Morgan fingerprint density at radius 3 is 3.06 bits per heavy atom. The van der Waals surface area contributed by atoms with E-state index in [9.17, 15) is 9.90 Å². The molecule has 0 fully saturated rings. The summed E-state index contributed by atoms with van der Waals surface area (Å²) in [7, 11) is 0. The van der Waals surface area contributed by atoms with Crippen molar-refractivity contribution in [3.63, 3.8) is 0 Å². The number of aromatic hydroxyl groups is 1. The smallest absolute Gasteiger partial charge is 0.344 e. The number of carbonyl (C=O) groups excluding carboxylic acids is 1. The van der Waals surface area contributed by atoms with E-state index in [1.165, 1.54) is 6.26 Å². The normalized spacial score (nSPS) is 10.4. The molecule has 1 aromatic heterocycles. The van der Waals surface area contributed by atoms with Crippen LogP contribution in [0, 0.1) is 0 Å². The first kappa shape index (κ1) is 11.3. The number of furan rings is 1. The van der Waals surface area contributed by atoms with Crippen LogP contribution in [0.25, 0.3) is 11.0 Å². The number of carbonyl (C=O) groups is 1. The number of hydrogen-bond donors (Lipinski definition) is 1. The summed E-state index contributed by atoms with van der Waals surface area (Å²) in [6, 6.07) is 5.06. The largest absolute Gasteiger partial charge is 0.504 e. The lowest BCUT2D eigenvalue weighted by Gasteiger charge is -2.05. The summed E-state index contributed by atoms with van der Waals surface area (Å²) in [5, 5.41) is 10.0. The van der Waals surface area contributed by atoms with Gasteiger partial charge in [-0.05, 0) is 19.1 Å². The van der Waals surface area contributed by atoms with Crippen molar-refractivity contribution in [1.29, 1.82) is 0 Å². The number of hydrogen-bond acceptors (Lipinski definition) is 5. The fourth-order valence-electron chi connectivity index (χ4n) is 1.47. The van der Waals surface area contributed by atoms with Crippen LogP contribution in [0.1, 0.15) is 6.92 Å². The van der Waals surface area contributed by atoms with Gasteiger partial charge in [-0.1, -0.05) is 6.07 Å². The molecule has 0 aliphatic rings. The molecule has 5 heteroatoms. The fourth-order valence-corrected chi connectivity index (χ4v) is 1.47. The second-order valence-corrected chi connectivity index (χ2v) is 3.35. The Kier molecular flexibility index (Phi) is 3.18. The van der Waals surface area contributed by atoms with Crippen LogP contribution < -0.4 is 4.74 Å². The molecule has 1 aromatic carbocycles. The predicted molar refractivity (Wildman–Crippen MR) is 60.0 cm³/mol. The minimum Gasteiger partial charge on any atom is -0.504 e. The first-order chi connectivity index (χ1) is 8.22. The first-order valence-electron chi connectivity index (χ1n) is 5.20. The molecule has 0 aliphatic carbocycles. The van der Waals surface area contributed by atoms with Gasteiger partial charge in [-0.15, -0.1) is 0 Å². The molecule has 0 aliphatic heterocycles. The summed E-state index contributed by atoms with van der Waals surface area (Å²) in [4.78, 5) is 11.1. The van der Waals surface area contributed by atoms with Crippen LogP contribution in [0.2, 0.25) is 0 Å². The zero-order valence-electron chi connectivity index (χ0n) is 9.30. The molecule has 90 valence electrons. The van der Waals surface area contributed by atoms with Gasteiger partial charge in [0.1, 0.15) is 6.26 Å². The number of benzene rings is 1. The Morgan fingerprint density at radius 1 is 1.47 bits per heavy atom. The molecule has 0 saturated heterocycles. The molecular formula is C12H12O5. The summed E-state index contributed by atoms with van der Waals surface area (Å²) < 4.78 is 15.1. The molecule has 2 aromatic rings. The molecule has 17 heavy (non-hydrogen) atoms. The molecule has 1 heterocycles. The molecule has 0 atom stereocenters. The summed E-state index contributed by atoms with van der Waals surface area (Å²) in [5.41, 5.74) is 0.411. The van der Waals surface area contributed by atoms with Gasteiger partial charge in [0.05, 0.1) is 12.0 Å². The maximum atomic E-state index is 11.1. The van der Waals surface area contributed by atoms with Crippen LogP contribution in [-0.4, -0.2) is 24.3 Å². The van der Waals surface area contributed by atoms with Gasteiger partial charge in [0, 0.05) is 0 Å². The average molecular weight is 236 g/mol. The maximum absolute atomic E-state index is 11.1. The van der Waals surface area contributed by atoms with Crippen molar-refractivity contribution in [3.8, 4) is 11.5 Å². The molecule has 0 saturated carbocycles. The van der Waals surface area contributed by atoms with Gasteiger partial charge < -0.3 is 19.0 Å². The zero-order chi connectivity index (χ0) is 12.3. The highest BCUT2D eigenvalue weighted by Gasteiger charge is 2.11. The molecule has 5 nitrogen and oxygen atoms in total. The lowest BCUT2D eigenvalue weighted by molar-refractivity contribution is -0.145. The van der Waals surface area contributed by atoms with E-state index in [-0.39, 0.29) is 12.4 Å². The van der Waals surface area contributed by atoms with E-state index < -0.39 is 5.97 Å². The third kappa shape index (κ3) is 2.33. The highest BCUT2D eigenvalue weighted by Crippen LogP contribution is 2.33. The molecular weight excluding hydrogens is 224 g/mol. The third-order valence-corrected chi connectivity index (χ3v) is 2.19. The van der Waals surface area contributed by atoms with E-state index in [1.807, 2.05) is 0 Å². The first-order valence-corrected chi connectivity index (χ1v) is 5.20. The summed E-state index contributed by atoms with van der Waals surface area (Å²) in [5.74, 6) is -0.00211. The summed E-state index contributed by atoms with van der Waals surface area (Å²) in [6.45, 7) is 1.85. The Morgan fingerprint density at radius 2 is 2.29 bits per heavy atom. The van der Waals surface area contributed by atoms with Crippen LogP contribution in [0.5, 0.6) is 11.5 Å². The van der Waals surface area contributed by atoms with Crippen molar-refractivity contribution in [2.45, 2.75) is 6.92 Å². The minimum atomic E-state index is -0.444. The lowest BCUT2D eigenvalue weighted by atomic mass is 10.2. The van der Waals surface area contributed by atoms with Crippen LogP contribution in [0.4, 0.5) is 0 Å². The summed E-state index contributed by atoms with van der Waals surface area (Å²) >= 11 is 0. The van der Waals surface area contributed by atoms with E-state index in [0.717, 1.165) is 0 Å². The zero-order valence-corrected chi connectivity index (χ0v) is 9.30. The third-order valence-electron chi connectivity index (χ3n) is 2.19. The quantitative estimate of drug-likeness (QED) is 0.823. The van der Waals surface area contributed by atoms with E-state index in [0.29, 0.717) is 23.3 Å². The molecule has 0 amide bonds. The molecule has 0 spiro atoms. The van der Waals surface area contributed by atoms with Crippen molar-refractivity contribution < 1.29 is 23.8 Å². The van der Waals surface area contributed by atoms with Gasteiger partial charge >= 0.3 is 5.97 Å². The van der Waals surface area contributed by atoms with Gasteiger partial charge in [0.2, 0.25) is 0 Å². The van der Waals surface area contributed by atoms with Crippen molar-refractivity contribution in [2.24, 2.45) is 0 Å². The van der Waals surface area contributed by atoms with Crippen LogP contribution >= 0.6 is 0 Å². The maximum Gasteiger partial charge on any atom is 0.344 e. The second kappa shape index (κ2) is 4.78. The Bertz CT molecular complexity index is 529. The molecule has 1 N–H and O–H groups in total. The SMILES string of the molecule is CCOC(=O)COc1cccc2c(O)coc12. The Labute approximate surface area is 97.6 Å². The molecule has 2 rings (SSSR count). The standard InChI is InChI=1S/C12H12O5/c1-2-15-11(14)7-16-10-5-3-4-8-9(13)6-17-12(8)10/h3-6,13H,2,7H2,1H3. The highest BCUT2D eigenvalue weighted by atomic mass is 16.6. The Balaban J connectivity index is 2.16.